The van der Waals surface area contributed by atoms with Gasteiger partial charge in [-0.15, -0.1) is 23.1 Å². The quantitative estimate of drug-likeness (QED) is 0.625. The molecule has 0 unspecified atom stereocenters. The molecule has 0 amide bonds. The van der Waals surface area contributed by atoms with E-state index in [0.29, 0.717) is 0 Å². The largest absolute Gasteiger partial charge is 0.469 e. The predicted octanol–water partition coefficient (Wildman–Crippen LogP) is 3.46. The van der Waals surface area contributed by atoms with Crippen molar-refractivity contribution in [3.05, 3.63) is 45.9 Å². The molecular formula is C14H15NO2S2. The van der Waals surface area contributed by atoms with Crippen LogP contribution in [0.15, 0.2) is 34.5 Å². The van der Waals surface area contributed by atoms with Gasteiger partial charge in [-0.05, 0) is 19.1 Å². The summed E-state index contributed by atoms with van der Waals surface area (Å²) >= 11 is 3.34. The molecule has 0 aliphatic heterocycles. The number of hydrogen-bond donors (Lipinski definition) is 0. The van der Waals surface area contributed by atoms with Crippen molar-refractivity contribution in [3.63, 3.8) is 0 Å². The molecule has 5 heteroatoms. The monoisotopic (exact) mass is 293 g/mol. The minimum absolute atomic E-state index is 0.247. The number of thioether (sulfide) groups is 1. The SMILES string of the molecule is COC(=O)Cc1csc(CSc2cccc(C)c2)n1. The summed E-state index contributed by atoms with van der Waals surface area (Å²) < 4.78 is 4.63. The van der Waals surface area contributed by atoms with E-state index >= 15 is 0 Å². The van der Waals surface area contributed by atoms with Gasteiger partial charge in [-0.25, -0.2) is 4.98 Å². The van der Waals surface area contributed by atoms with E-state index < -0.39 is 0 Å². The number of esters is 1. The summed E-state index contributed by atoms with van der Waals surface area (Å²) in [6.45, 7) is 2.09. The summed E-state index contributed by atoms with van der Waals surface area (Å²) in [4.78, 5) is 16.8. The van der Waals surface area contributed by atoms with Gasteiger partial charge < -0.3 is 4.74 Å². The number of nitrogens with zero attached hydrogens (tertiary/aromatic N) is 1. The van der Waals surface area contributed by atoms with Crippen LogP contribution in [0.1, 0.15) is 16.3 Å². The van der Waals surface area contributed by atoms with Crippen molar-refractivity contribution < 1.29 is 9.53 Å². The Bertz CT molecular complexity index is 566. The molecule has 0 aliphatic rings. The number of aryl methyl sites for hydroxylation is 1. The third-order valence-corrected chi connectivity index (χ3v) is 4.59. The third kappa shape index (κ3) is 4.36. The average Bonchev–Trinajstić information content (AvgIpc) is 2.84. The number of carbonyl (C=O) groups excluding carboxylic acids is 1. The first kappa shape index (κ1) is 14.1. The van der Waals surface area contributed by atoms with Gasteiger partial charge in [-0.2, -0.15) is 0 Å². The fraction of sp³-hybridized carbons (Fsp3) is 0.286. The van der Waals surface area contributed by atoms with Crippen LogP contribution in [0.5, 0.6) is 0 Å². The van der Waals surface area contributed by atoms with Crippen LogP contribution >= 0.6 is 23.1 Å². The van der Waals surface area contributed by atoms with E-state index in [4.69, 9.17) is 0 Å². The Morgan fingerprint density at radius 1 is 1.47 bits per heavy atom. The van der Waals surface area contributed by atoms with Crippen molar-refractivity contribution in [2.75, 3.05) is 7.11 Å². The van der Waals surface area contributed by atoms with Crippen molar-refractivity contribution in [3.8, 4) is 0 Å². The van der Waals surface area contributed by atoms with E-state index in [1.54, 1.807) is 23.1 Å². The minimum Gasteiger partial charge on any atom is -0.469 e. The summed E-state index contributed by atoms with van der Waals surface area (Å²) in [5.74, 6) is 0.582. The van der Waals surface area contributed by atoms with Crippen molar-refractivity contribution in [2.24, 2.45) is 0 Å². The van der Waals surface area contributed by atoms with Crippen LogP contribution in [0.4, 0.5) is 0 Å². The lowest BCUT2D eigenvalue weighted by Crippen LogP contribution is -2.04. The Kier molecular flexibility index (Phi) is 4.99. The Morgan fingerprint density at radius 2 is 2.32 bits per heavy atom. The Balaban J connectivity index is 1.91. The minimum atomic E-state index is -0.247. The maximum atomic E-state index is 11.1. The summed E-state index contributed by atoms with van der Waals surface area (Å²) in [6, 6.07) is 8.40. The van der Waals surface area contributed by atoms with Gasteiger partial charge in [0.25, 0.3) is 0 Å². The topological polar surface area (TPSA) is 39.2 Å². The number of carbonyl (C=O) groups is 1. The number of aromatic nitrogens is 1. The summed E-state index contributed by atoms with van der Waals surface area (Å²) in [5, 5.41) is 2.95. The Hall–Kier alpha value is -1.33. The Morgan fingerprint density at radius 3 is 3.05 bits per heavy atom. The second kappa shape index (κ2) is 6.73. The highest BCUT2D eigenvalue weighted by Gasteiger charge is 2.08. The molecule has 2 rings (SSSR count). The molecule has 1 heterocycles. The highest BCUT2D eigenvalue weighted by atomic mass is 32.2. The summed E-state index contributed by atoms with van der Waals surface area (Å²) in [6.07, 6.45) is 0.252. The van der Waals surface area contributed by atoms with Crippen LogP contribution in [0.2, 0.25) is 0 Å². The molecule has 1 aromatic heterocycles. The molecule has 0 aliphatic carbocycles. The number of hydrogen-bond acceptors (Lipinski definition) is 5. The fourth-order valence-electron chi connectivity index (χ4n) is 1.57. The van der Waals surface area contributed by atoms with Gasteiger partial charge in [0.15, 0.2) is 0 Å². The van der Waals surface area contributed by atoms with Crippen LogP contribution in [-0.4, -0.2) is 18.1 Å². The van der Waals surface area contributed by atoms with Crippen LogP contribution in [-0.2, 0) is 21.7 Å². The molecule has 0 radical (unpaired) electrons. The molecule has 0 saturated heterocycles. The number of methoxy groups -OCH3 is 1. The molecule has 0 N–H and O–H groups in total. The van der Waals surface area contributed by atoms with Gasteiger partial charge >= 0.3 is 5.97 Å². The van der Waals surface area contributed by atoms with E-state index in [9.17, 15) is 4.79 Å². The van der Waals surface area contributed by atoms with Crippen molar-refractivity contribution in [1.29, 1.82) is 0 Å². The molecule has 100 valence electrons. The van der Waals surface area contributed by atoms with Crippen molar-refractivity contribution in [2.45, 2.75) is 24.0 Å². The lowest BCUT2D eigenvalue weighted by atomic mass is 10.2. The standard InChI is InChI=1S/C14H15NO2S2/c1-10-4-3-5-12(6-10)18-9-13-15-11(8-19-13)7-14(16)17-2/h3-6,8H,7,9H2,1-2H3. The highest BCUT2D eigenvalue weighted by molar-refractivity contribution is 7.98. The van der Waals surface area contributed by atoms with Gasteiger partial charge in [0.2, 0.25) is 0 Å². The van der Waals surface area contributed by atoms with Crippen LogP contribution in [0, 0.1) is 6.92 Å². The van der Waals surface area contributed by atoms with Gasteiger partial charge in [-0.1, -0.05) is 17.7 Å². The zero-order valence-electron chi connectivity index (χ0n) is 10.9. The molecule has 0 saturated carbocycles. The second-order valence-corrected chi connectivity index (χ2v) is 6.08. The third-order valence-electron chi connectivity index (χ3n) is 2.50. The maximum Gasteiger partial charge on any atom is 0.311 e. The lowest BCUT2D eigenvalue weighted by Gasteiger charge is -2.00. The van der Waals surface area contributed by atoms with Gasteiger partial charge in [0, 0.05) is 10.3 Å². The van der Waals surface area contributed by atoms with Crippen LogP contribution in [0.3, 0.4) is 0 Å². The predicted molar refractivity (Wildman–Crippen MR) is 78.6 cm³/mol. The molecule has 0 atom stereocenters. The zero-order valence-corrected chi connectivity index (χ0v) is 12.5. The molecule has 0 bridgehead atoms. The number of thiazole rings is 1. The van der Waals surface area contributed by atoms with E-state index in [-0.39, 0.29) is 12.4 Å². The number of benzene rings is 1. The first-order valence-electron chi connectivity index (χ1n) is 5.87. The summed E-state index contributed by atoms with van der Waals surface area (Å²) in [5.41, 5.74) is 2.05. The molecule has 2 aromatic rings. The first-order chi connectivity index (χ1) is 9.17. The summed E-state index contributed by atoms with van der Waals surface area (Å²) in [7, 11) is 1.39. The van der Waals surface area contributed by atoms with Crippen LogP contribution in [0.25, 0.3) is 0 Å². The van der Waals surface area contributed by atoms with E-state index in [2.05, 4.69) is 40.9 Å². The maximum absolute atomic E-state index is 11.1. The molecule has 19 heavy (non-hydrogen) atoms. The molecule has 0 fully saturated rings. The molecule has 0 spiro atoms. The number of ether oxygens (including phenoxy) is 1. The average molecular weight is 293 g/mol. The van der Waals surface area contributed by atoms with Gasteiger partial charge in [-0.3, -0.25) is 4.79 Å². The van der Waals surface area contributed by atoms with E-state index in [1.165, 1.54) is 17.6 Å². The highest BCUT2D eigenvalue weighted by Crippen LogP contribution is 2.25. The lowest BCUT2D eigenvalue weighted by molar-refractivity contribution is -0.139. The van der Waals surface area contributed by atoms with Gasteiger partial charge in [0.05, 0.1) is 25.0 Å². The molecule has 3 nitrogen and oxygen atoms in total. The zero-order chi connectivity index (χ0) is 13.7. The molecular weight excluding hydrogens is 278 g/mol. The van der Waals surface area contributed by atoms with Crippen molar-refractivity contribution >= 4 is 29.1 Å². The first-order valence-corrected chi connectivity index (χ1v) is 7.73. The normalized spacial score (nSPS) is 10.4. The number of rotatable bonds is 5. The smallest absolute Gasteiger partial charge is 0.311 e. The van der Waals surface area contributed by atoms with Crippen LogP contribution < -0.4 is 0 Å². The Labute approximate surface area is 121 Å². The molecule has 1 aromatic carbocycles. The van der Waals surface area contributed by atoms with Crippen molar-refractivity contribution in [1.82, 2.24) is 4.98 Å². The van der Waals surface area contributed by atoms with Gasteiger partial charge in [0.1, 0.15) is 5.01 Å². The van der Waals surface area contributed by atoms with E-state index in [1.807, 2.05) is 5.38 Å². The fourth-order valence-corrected chi connectivity index (χ4v) is 3.39. The van der Waals surface area contributed by atoms with E-state index in [0.717, 1.165) is 16.5 Å². The second-order valence-electron chi connectivity index (χ2n) is 4.09.